The zero-order valence-electron chi connectivity index (χ0n) is 18.5. The fourth-order valence-electron chi connectivity index (χ4n) is 3.78. The number of hydrogen-bond donors (Lipinski definition) is 2. The first kappa shape index (κ1) is 24.7. The van der Waals surface area contributed by atoms with Gasteiger partial charge in [-0.05, 0) is 30.7 Å². The van der Waals surface area contributed by atoms with Crippen LogP contribution in [0.2, 0.25) is 5.02 Å². The van der Waals surface area contributed by atoms with Crippen LogP contribution in [0.15, 0.2) is 53.4 Å². The lowest BCUT2D eigenvalue weighted by molar-refractivity contribution is 0.0730. The van der Waals surface area contributed by atoms with Crippen molar-refractivity contribution in [3.05, 3.63) is 70.8 Å². The molecule has 3 aromatic carbocycles. The van der Waals surface area contributed by atoms with Gasteiger partial charge in [-0.2, -0.15) is 0 Å². The van der Waals surface area contributed by atoms with E-state index in [9.17, 15) is 27.1 Å². The highest BCUT2D eigenvalue weighted by molar-refractivity contribution is 7.92. The number of benzene rings is 3. The van der Waals surface area contributed by atoms with Crippen LogP contribution in [-0.4, -0.2) is 44.0 Å². The summed E-state index contributed by atoms with van der Waals surface area (Å²) >= 11 is 6.05. The average Bonchev–Trinajstić information content (AvgIpc) is 2.81. The summed E-state index contributed by atoms with van der Waals surface area (Å²) in [5.74, 6) is -3.17. The summed E-state index contributed by atoms with van der Waals surface area (Å²) in [6, 6.07) is 10.1. The van der Waals surface area contributed by atoms with Gasteiger partial charge in [0.2, 0.25) is 0 Å². The smallest absolute Gasteiger partial charge is 0.265 e. The first-order chi connectivity index (χ1) is 16.6. The van der Waals surface area contributed by atoms with Gasteiger partial charge in [-0.1, -0.05) is 36.7 Å². The Kier molecular flexibility index (Phi) is 6.86. The van der Waals surface area contributed by atoms with Crippen molar-refractivity contribution < 1.29 is 31.8 Å². The summed E-state index contributed by atoms with van der Waals surface area (Å²) in [5.41, 5.74) is -0.490. The molecule has 3 aromatic rings. The van der Waals surface area contributed by atoms with Gasteiger partial charge < -0.3 is 14.7 Å². The van der Waals surface area contributed by atoms with Crippen molar-refractivity contribution in [1.82, 2.24) is 4.90 Å². The number of nitrogens with one attached hydrogen (secondary N) is 1. The number of sulfonamides is 1. The van der Waals surface area contributed by atoms with Crippen LogP contribution >= 0.6 is 11.6 Å². The third kappa shape index (κ3) is 4.89. The zero-order chi connectivity index (χ0) is 25.3. The van der Waals surface area contributed by atoms with E-state index in [4.69, 9.17) is 16.3 Å². The van der Waals surface area contributed by atoms with Crippen molar-refractivity contribution in [3.63, 3.8) is 0 Å². The summed E-state index contributed by atoms with van der Waals surface area (Å²) in [5, 5.41) is 9.99. The normalized spacial score (nSPS) is 15.3. The minimum atomic E-state index is -4.64. The molecule has 0 aromatic heterocycles. The maximum Gasteiger partial charge on any atom is 0.265 e. The van der Waals surface area contributed by atoms with Crippen LogP contribution in [0, 0.1) is 11.6 Å². The van der Waals surface area contributed by atoms with E-state index >= 15 is 0 Å². The predicted molar refractivity (Wildman–Crippen MR) is 127 cm³/mol. The molecule has 4 rings (SSSR count). The Hall–Kier alpha value is -3.37. The fraction of sp³-hybridized carbons (Fsp3) is 0.208. The second-order valence-electron chi connectivity index (χ2n) is 7.86. The van der Waals surface area contributed by atoms with Crippen LogP contribution < -0.4 is 9.46 Å². The SMILES string of the molecule is CCCN1CCOc2ccccc2-c2cc(c(F)cc2F)NS(=O)(=O)c2cc(cc(Cl)c2O)C1=O. The number of rotatable bonds is 2. The molecule has 0 unspecified atom stereocenters. The van der Waals surface area contributed by atoms with E-state index in [2.05, 4.69) is 0 Å². The zero-order valence-corrected chi connectivity index (χ0v) is 20.1. The highest BCUT2D eigenvalue weighted by Gasteiger charge is 2.27. The third-order valence-corrected chi connectivity index (χ3v) is 7.11. The maximum absolute atomic E-state index is 14.8. The van der Waals surface area contributed by atoms with Gasteiger partial charge in [0.25, 0.3) is 15.9 Å². The number of anilines is 1. The van der Waals surface area contributed by atoms with E-state index in [0.717, 1.165) is 18.2 Å². The minimum Gasteiger partial charge on any atom is -0.505 e. The van der Waals surface area contributed by atoms with E-state index in [1.807, 2.05) is 11.6 Å². The molecule has 11 heteroatoms. The van der Waals surface area contributed by atoms with Gasteiger partial charge in [-0.3, -0.25) is 9.52 Å². The van der Waals surface area contributed by atoms with E-state index in [1.165, 1.54) is 4.90 Å². The number of carbonyl (C=O) groups excluding carboxylic acids is 1. The number of hydrogen-bond acceptors (Lipinski definition) is 5. The Morgan fingerprint density at radius 3 is 2.60 bits per heavy atom. The number of ether oxygens (including phenoxy) is 1. The maximum atomic E-state index is 14.8. The second-order valence-corrected chi connectivity index (χ2v) is 9.92. The van der Waals surface area contributed by atoms with Crippen molar-refractivity contribution in [2.45, 2.75) is 18.2 Å². The van der Waals surface area contributed by atoms with Crippen LogP contribution in [0.4, 0.5) is 14.5 Å². The molecule has 1 aliphatic rings. The predicted octanol–water partition coefficient (Wildman–Crippen LogP) is 5.04. The Labute approximate surface area is 206 Å². The quantitative estimate of drug-likeness (QED) is 0.492. The minimum absolute atomic E-state index is 0.0493. The van der Waals surface area contributed by atoms with Crippen molar-refractivity contribution in [3.8, 4) is 22.6 Å². The summed E-state index contributed by atoms with van der Waals surface area (Å²) in [6.45, 7) is 2.39. The number of halogens is 3. The molecule has 35 heavy (non-hydrogen) atoms. The van der Waals surface area contributed by atoms with Crippen molar-refractivity contribution in [2.75, 3.05) is 24.4 Å². The lowest BCUT2D eigenvalue weighted by Crippen LogP contribution is -2.35. The molecule has 0 aliphatic carbocycles. The van der Waals surface area contributed by atoms with E-state index in [-0.39, 0.29) is 40.6 Å². The topological polar surface area (TPSA) is 95.9 Å². The summed E-state index contributed by atoms with van der Waals surface area (Å²) in [7, 11) is -4.64. The van der Waals surface area contributed by atoms with Crippen LogP contribution in [0.5, 0.6) is 11.5 Å². The standard InChI is InChI=1S/C24H21ClF2N2O5S/c1-2-7-29-8-9-34-21-6-4-3-5-15(21)16-12-20(19(27)13-18(16)26)28-35(32,33)22-11-14(24(29)31)10-17(25)23(22)30/h3-6,10-13,28,30H,2,7-9H2,1H3. The third-order valence-electron chi connectivity index (χ3n) is 5.44. The van der Waals surface area contributed by atoms with Crippen LogP contribution in [-0.2, 0) is 10.0 Å². The van der Waals surface area contributed by atoms with E-state index < -0.39 is 43.9 Å². The number of aromatic hydroxyl groups is 1. The Bertz CT molecular complexity index is 1420. The lowest BCUT2D eigenvalue weighted by atomic mass is 10.0. The van der Waals surface area contributed by atoms with E-state index in [0.29, 0.717) is 19.0 Å². The lowest BCUT2D eigenvalue weighted by Gasteiger charge is -2.23. The molecule has 0 spiro atoms. The molecule has 0 saturated carbocycles. The molecule has 0 radical (unpaired) electrons. The number of carbonyl (C=O) groups is 1. The van der Waals surface area contributed by atoms with Crippen molar-refractivity contribution in [1.29, 1.82) is 0 Å². The molecular formula is C24H21ClF2N2O5S. The Morgan fingerprint density at radius 1 is 1.11 bits per heavy atom. The highest BCUT2D eigenvalue weighted by Crippen LogP contribution is 2.37. The van der Waals surface area contributed by atoms with Gasteiger partial charge in [-0.25, -0.2) is 17.2 Å². The summed E-state index contributed by atoms with van der Waals surface area (Å²) < 4.78 is 63.6. The number of para-hydroxylation sites is 1. The molecular weight excluding hydrogens is 502 g/mol. The fourth-order valence-corrected chi connectivity index (χ4v) is 5.26. The van der Waals surface area contributed by atoms with Crippen molar-refractivity contribution in [2.24, 2.45) is 0 Å². The van der Waals surface area contributed by atoms with Crippen LogP contribution in [0.3, 0.4) is 0 Å². The van der Waals surface area contributed by atoms with Crippen LogP contribution in [0.1, 0.15) is 23.7 Å². The van der Waals surface area contributed by atoms with Gasteiger partial charge in [0.1, 0.15) is 28.9 Å². The summed E-state index contributed by atoms with van der Waals surface area (Å²) in [6.07, 6.45) is 0.608. The molecule has 2 N–H and O–H groups in total. The van der Waals surface area contributed by atoms with Gasteiger partial charge >= 0.3 is 0 Å². The largest absolute Gasteiger partial charge is 0.505 e. The monoisotopic (exact) mass is 522 g/mol. The Balaban J connectivity index is 1.95. The number of amides is 1. The van der Waals surface area contributed by atoms with Gasteiger partial charge in [-0.15, -0.1) is 0 Å². The van der Waals surface area contributed by atoms with Gasteiger partial charge in [0, 0.05) is 29.3 Å². The number of nitrogens with zero attached hydrogens (tertiary/aromatic N) is 1. The molecule has 7 nitrogen and oxygen atoms in total. The highest BCUT2D eigenvalue weighted by atomic mass is 35.5. The molecule has 0 fully saturated rings. The van der Waals surface area contributed by atoms with Gasteiger partial charge in [0.05, 0.1) is 17.3 Å². The van der Waals surface area contributed by atoms with E-state index in [1.54, 1.807) is 24.3 Å². The first-order valence-corrected chi connectivity index (χ1v) is 12.5. The Morgan fingerprint density at radius 2 is 1.86 bits per heavy atom. The molecule has 0 saturated heterocycles. The molecule has 4 bridgehead atoms. The number of phenolic OH excluding ortho intramolecular Hbond substituents is 1. The molecule has 1 amide bonds. The molecule has 1 aliphatic heterocycles. The molecule has 0 atom stereocenters. The molecule has 1 heterocycles. The first-order valence-electron chi connectivity index (χ1n) is 10.7. The number of fused-ring (bicyclic) bond motifs is 6. The van der Waals surface area contributed by atoms with Crippen LogP contribution in [0.25, 0.3) is 11.1 Å². The second kappa shape index (κ2) is 9.71. The number of phenols is 1. The molecule has 184 valence electrons. The van der Waals surface area contributed by atoms with Crippen molar-refractivity contribution >= 4 is 33.2 Å². The van der Waals surface area contributed by atoms with Gasteiger partial charge in [0.15, 0.2) is 5.75 Å². The average molecular weight is 523 g/mol. The summed E-state index contributed by atoms with van der Waals surface area (Å²) in [4.78, 5) is 13.9.